The molecule has 0 radical (unpaired) electrons. The Morgan fingerprint density at radius 1 is 0.963 bits per heavy atom. The summed E-state index contributed by atoms with van der Waals surface area (Å²) < 4.78 is 10.4. The molecule has 0 aliphatic rings. The molecule has 0 fully saturated rings. The third-order valence-electron chi connectivity index (χ3n) is 4.01. The minimum Gasteiger partial charge on any atom is -0.497 e. The Balaban J connectivity index is 1.58. The van der Waals surface area contributed by atoms with E-state index in [4.69, 9.17) is 9.47 Å². The van der Waals surface area contributed by atoms with E-state index >= 15 is 0 Å². The van der Waals surface area contributed by atoms with Gasteiger partial charge in [0.05, 0.1) is 31.7 Å². The molecule has 0 aliphatic carbocycles. The molecule has 0 bridgehead atoms. The second-order valence-corrected chi connectivity index (χ2v) is 5.79. The van der Waals surface area contributed by atoms with Gasteiger partial charge in [-0.3, -0.25) is 4.79 Å². The van der Waals surface area contributed by atoms with Gasteiger partial charge in [0.2, 0.25) is 0 Å². The Kier molecular flexibility index (Phi) is 5.89. The molecule has 0 aliphatic heterocycles. The zero-order valence-corrected chi connectivity index (χ0v) is 15.2. The van der Waals surface area contributed by atoms with Crippen LogP contribution < -0.4 is 20.1 Å². The number of para-hydroxylation sites is 1. The number of hydrogen-bond donors (Lipinski definition) is 2. The van der Waals surface area contributed by atoms with E-state index in [0.29, 0.717) is 23.5 Å². The van der Waals surface area contributed by atoms with Crippen molar-refractivity contribution in [2.75, 3.05) is 24.9 Å². The van der Waals surface area contributed by atoms with Crippen molar-refractivity contribution >= 4 is 17.4 Å². The van der Waals surface area contributed by atoms with Crippen LogP contribution in [-0.4, -0.2) is 25.1 Å². The van der Waals surface area contributed by atoms with Gasteiger partial charge in [-0.1, -0.05) is 24.3 Å². The third kappa shape index (κ3) is 4.76. The first-order valence-corrected chi connectivity index (χ1v) is 8.47. The number of ether oxygens (including phenoxy) is 2. The van der Waals surface area contributed by atoms with E-state index < -0.39 is 0 Å². The van der Waals surface area contributed by atoms with Crippen LogP contribution in [0.25, 0.3) is 0 Å². The molecular formula is C21H21N3O3. The zero-order chi connectivity index (χ0) is 19.1. The average Bonchev–Trinajstić information content (AvgIpc) is 2.73. The van der Waals surface area contributed by atoms with Gasteiger partial charge in [0.15, 0.2) is 0 Å². The van der Waals surface area contributed by atoms with Crippen LogP contribution >= 0.6 is 0 Å². The van der Waals surface area contributed by atoms with Crippen molar-refractivity contribution in [1.82, 2.24) is 4.98 Å². The molecule has 2 aromatic carbocycles. The average molecular weight is 363 g/mol. The SMILES string of the molecule is COc1ccc(CNc2ccc(NC(=O)c3ccccc3OC)cn2)cc1. The van der Waals surface area contributed by atoms with Crippen molar-refractivity contribution in [1.29, 1.82) is 0 Å². The molecule has 3 rings (SSSR count). The number of anilines is 2. The smallest absolute Gasteiger partial charge is 0.259 e. The van der Waals surface area contributed by atoms with Crippen molar-refractivity contribution in [3.63, 3.8) is 0 Å². The third-order valence-corrected chi connectivity index (χ3v) is 4.01. The summed E-state index contributed by atoms with van der Waals surface area (Å²) in [5.41, 5.74) is 2.20. The highest BCUT2D eigenvalue weighted by atomic mass is 16.5. The highest BCUT2D eigenvalue weighted by molar-refractivity contribution is 6.06. The number of pyridine rings is 1. The molecule has 27 heavy (non-hydrogen) atoms. The Bertz CT molecular complexity index is 893. The van der Waals surface area contributed by atoms with Gasteiger partial charge >= 0.3 is 0 Å². The minimum atomic E-state index is -0.242. The van der Waals surface area contributed by atoms with E-state index in [1.54, 1.807) is 37.6 Å². The van der Waals surface area contributed by atoms with Crippen LogP contribution in [0.2, 0.25) is 0 Å². The van der Waals surface area contributed by atoms with Gasteiger partial charge < -0.3 is 20.1 Å². The molecule has 0 atom stereocenters. The maximum Gasteiger partial charge on any atom is 0.259 e. The molecule has 6 heteroatoms. The van der Waals surface area contributed by atoms with E-state index in [2.05, 4.69) is 15.6 Å². The maximum absolute atomic E-state index is 12.4. The zero-order valence-electron chi connectivity index (χ0n) is 15.2. The molecule has 6 nitrogen and oxygen atoms in total. The lowest BCUT2D eigenvalue weighted by Gasteiger charge is -2.10. The Labute approximate surface area is 158 Å². The van der Waals surface area contributed by atoms with E-state index in [9.17, 15) is 4.79 Å². The normalized spacial score (nSPS) is 10.1. The molecule has 138 valence electrons. The molecule has 3 aromatic rings. The van der Waals surface area contributed by atoms with Crippen molar-refractivity contribution in [2.24, 2.45) is 0 Å². The number of nitrogens with one attached hydrogen (secondary N) is 2. The van der Waals surface area contributed by atoms with Gasteiger partial charge in [0.25, 0.3) is 5.91 Å². The molecule has 0 unspecified atom stereocenters. The minimum absolute atomic E-state index is 0.242. The van der Waals surface area contributed by atoms with Crippen LogP contribution in [0, 0.1) is 0 Å². The quantitative estimate of drug-likeness (QED) is 0.665. The van der Waals surface area contributed by atoms with Crippen molar-refractivity contribution in [3.05, 3.63) is 78.0 Å². The first-order chi connectivity index (χ1) is 13.2. The second-order valence-electron chi connectivity index (χ2n) is 5.79. The summed E-state index contributed by atoms with van der Waals surface area (Å²) in [5, 5.41) is 6.07. The predicted molar refractivity (Wildman–Crippen MR) is 106 cm³/mol. The number of nitrogens with zero attached hydrogens (tertiary/aromatic N) is 1. The topological polar surface area (TPSA) is 72.5 Å². The molecule has 0 spiro atoms. The number of amides is 1. The lowest BCUT2D eigenvalue weighted by molar-refractivity contribution is 0.102. The highest BCUT2D eigenvalue weighted by Crippen LogP contribution is 2.19. The number of aromatic nitrogens is 1. The van der Waals surface area contributed by atoms with E-state index in [-0.39, 0.29) is 5.91 Å². The molecule has 1 amide bonds. The number of hydrogen-bond acceptors (Lipinski definition) is 5. The van der Waals surface area contributed by atoms with Gasteiger partial charge in [0, 0.05) is 6.54 Å². The first-order valence-electron chi connectivity index (χ1n) is 8.47. The number of carbonyl (C=O) groups excluding carboxylic acids is 1. The monoisotopic (exact) mass is 363 g/mol. The lowest BCUT2D eigenvalue weighted by Crippen LogP contribution is -2.13. The standard InChI is InChI=1S/C21H21N3O3/c1-26-17-10-7-15(8-11-17)13-22-20-12-9-16(14-23-20)24-21(25)18-5-3-4-6-19(18)27-2/h3-12,14H,13H2,1-2H3,(H,22,23)(H,24,25). The number of rotatable bonds is 7. The molecule has 0 saturated heterocycles. The molecule has 0 saturated carbocycles. The van der Waals surface area contributed by atoms with Crippen LogP contribution in [0.4, 0.5) is 11.5 Å². The number of carbonyl (C=O) groups is 1. The van der Waals surface area contributed by atoms with Crippen LogP contribution in [0.1, 0.15) is 15.9 Å². The van der Waals surface area contributed by atoms with Crippen molar-refractivity contribution < 1.29 is 14.3 Å². The van der Waals surface area contributed by atoms with Gasteiger partial charge in [-0.05, 0) is 42.0 Å². The van der Waals surface area contributed by atoms with Crippen LogP contribution in [0.15, 0.2) is 66.9 Å². The summed E-state index contributed by atoms with van der Waals surface area (Å²) in [6, 6.07) is 18.5. The van der Waals surface area contributed by atoms with Crippen molar-refractivity contribution in [3.8, 4) is 11.5 Å². The van der Waals surface area contributed by atoms with Crippen LogP contribution in [-0.2, 0) is 6.54 Å². The Hall–Kier alpha value is -3.54. The van der Waals surface area contributed by atoms with Gasteiger partial charge in [-0.25, -0.2) is 4.98 Å². The fourth-order valence-corrected chi connectivity index (χ4v) is 2.54. The Morgan fingerprint density at radius 3 is 2.41 bits per heavy atom. The maximum atomic E-state index is 12.4. The molecule has 2 N–H and O–H groups in total. The first kappa shape index (κ1) is 18.3. The highest BCUT2D eigenvalue weighted by Gasteiger charge is 2.11. The van der Waals surface area contributed by atoms with Crippen LogP contribution in [0.3, 0.4) is 0 Å². The number of methoxy groups -OCH3 is 2. The summed E-state index contributed by atoms with van der Waals surface area (Å²) in [5.74, 6) is 1.84. The van der Waals surface area contributed by atoms with E-state index in [1.807, 2.05) is 36.4 Å². The van der Waals surface area contributed by atoms with Gasteiger partial charge in [-0.15, -0.1) is 0 Å². The summed E-state index contributed by atoms with van der Waals surface area (Å²) in [4.78, 5) is 16.7. The predicted octanol–water partition coefficient (Wildman–Crippen LogP) is 3.96. The molecule has 1 aromatic heterocycles. The lowest BCUT2D eigenvalue weighted by atomic mass is 10.2. The second kappa shape index (κ2) is 8.71. The van der Waals surface area contributed by atoms with E-state index in [1.165, 1.54) is 7.11 Å². The summed E-state index contributed by atoms with van der Waals surface area (Å²) in [6.45, 7) is 0.643. The van der Waals surface area contributed by atoms with Gasteiger partial charge in [0.1, 0.15) is 17.3 Å². The summed E-state index contributed by atoms with van der Waals surface area (Å²) in [7, 11) is 3.18. The number of benzene rings is 2. The fourth-order valence-electron chi connectivity index (χ4n) is 2.54. The fraction of sp³-hybridized carbons (Fsp3) is 0.143. The Morgan fingerprint density at radius 2 is 1.74 bits per heavy atom. The van der Waals surface area contributed by atoms with Crippen LogP contribution in [0.5, 0.6) is 11.5 Å². The summed E-state index contributed by atoms with van der Waals surface area (Å²) >= 11 is 0. The molecule has 1 heterocycles. The molecular weight excluding hydrogens is 342 g/mol. The van der Waals surface area contributed by atoms with E-state index in [0.717, 1.165) is 17.1 Å². The van der Waals surface area contributed by atoms with Crippen molar-refractivity contribution in [2.45, 2.75) is 6.54 Å². The largest absolute Gasteiger partial charge is 0.497 e. The summed E-state index contributed by atoms with van der Waals surface area (Å²) in [6.07, 6.45) is 1.61. The van der Waals surface area contributed by atoms with Gasteiger partial charge in [-0.2, -0.15) is 0 Å².